The van der Waals surface area contributed by atoms with Crippen molar-refractivity contribution in [3.8, 4) is 5.75 Å². The second kappa shape index (κ2) is 9.00. The van der Waals surface area contributed by atoms with Crippen LogP contribution in [0.15, 0.2) is 83.8 Å². The number of nitrogens with zero attached hydrogens (tertiary/aromatic N) is 2. The highest BCUT2D eigenvalue weighted by Gasteiger charge is 2.35. The van der Waals surface area contributed by atoms with Crippen LogP contribution in [-0.4, -0.2) is 29.0 Å². The van der Waals surface area contributed by atoms with Gasteiger partial charge in [-0.15, -0.1) is 0 Å². The van der Waals surface area contributed by atoms with Gasteiger partial charge in [-0.05, 0) is 42.2 Å². The molecule has 180 valence electrons. The van der Waals surface area contributed by atoms with Gasteiger partial charge in [0, 0.05) is 24.7 Å². The van der Waals surface area contributed by atoms with Crippen LogP contribution in [0.5, 0.6) is 5.75 Å². The largest absolute Gasteiger partial charge is 0.477 e. The molecular weight excluding hydrogens is 454 g/mol. The van der Waals surface area contributed by atoms with Gasteiger partial charge in [0.2, 0.25) is 5.43 Å². The molecule has 2 aliphatic rings. The van der Waals surface area contributed by atoms with E-state index < -0.39 is 12.0 Å². The lowest BCUT2D eigenvalue weighted by atomic mass is 9.99. The van der Waals surface area contributed by atoms with Gasteiger partial charge in [-0.25, -0.2) is 0 Å². The fourth-order valence-corrected chi connectivity index (χ4v) is 5.12. The van der Waals surface area contributed by atoms with Crippen molar-refractivity contribution >= 4 is 28.4 Å². The number of carbonyl (C=O) groups is 2. The molecule has 3 aromatic carbocycles. The summed E-state index contributed by atoms with van der Waals surface area (Å²) in [6.07, 6.45) is 2.65. The van der Waals surface area contributed by atoms with Crippen LogP contribution in [-0.2, 0) is 24.3 Å². The van der Waals surface area contributed by atoms with Crippen LogP contribution in [0.25, 0.3) is 10.9 Å². The Morgan fingerprint density at radius 1 is 0.972 bits per heavy atom. The van der Waals surface area contributed by atoms with Crippen molar-refractivity contribution in [1.82, 2.24) is 9.88 Å². The van der Waals surface area contributed by atoms with E-state index in [-0.39, 0.29) is 23.4 Å². The van der Waals surface area contributed by atoms with Crippen molar-refractivity contribution in [2.24, 2.45) is 0 Å². The first-order chi connectivity index (χ1) is 17.6. The third-order valence-electron chi connectivity index (χ3n) is 6.88. The van der Waals surface area contributed by atoms with Gasteiger partial charge < -0.3 is 19.5 Å². The number of carbonyl (C=O) groups excluding carboxylic acids is 2. The Balaban J connectivity index is 1.34. The summed E-state index contributed by atoms with van der Waals surface area (Å²) >= 11 is 0. The molecule has 0 fully saturated rings. The molecule has 1 aromatic heterocycles. The highest BCUT2D eigenvalue weighted by Crippen LogP contribution is 2.34. The maximum absolute atomic E-state index is 13.9. The molecule has 7 nitrogen and oxygen atoms in total. The van der Waals surface area contributed by atoms with E-state index in [2.05, 4.69) is 5.32 Å². The number of anilines is 1. The molecule has 1 atom stereocenters. The Morgan fingerprint density at radius 2 is 1.78 bits per heavy atom. The summed E-state index contributed by atoms with van der Waals surface area (Å²) in [5.74, 6) is -0.319. The Bertz CT molecular complexity index is 1540. The number of fused-ring (bicyclic) bond motifs is 1. The lowest BCUT2D eigenvalue weighted by Crippen LogP contribution is -2.51. The van der Waals surface area contributed by atoms with Crippen molar-refractivity contribution < 1.29 is 14.3 Å². The van der Waals surface area contributed by atoms with Crippen molar-refractivity contribution in [1.29, 1.82) is 0 Å². The number of ether oxygens (including phenoxy) is 1. The van der Waals surface area contributed by atoms with E-state index in [1.54, 1.807) is 30.5 Å². The number of hydrogen-bond donors (Lipinski definition) is 1. The van der Waals surface area contributed by atoms with E-state index in [0.29, 0.717) is 23.4 Å². The quantitative estimate of drug-likeness (QED) is 0.484. The van der Waals surface area contributed by atoms with E-state index in [0.717, 1.165) is 36.0 Å². The van der Waals surface area contributed by atoms with E-state index in [4.69, 9.17) is 4.74 Å². The molecule has 0 aliphatic carbocycles. The molecule has 2 amide bonds. The monoisotopic (exact) mass is 479 g/mol. The Hall–Kier alpha value is -4.39. The molecule has 0 saturated carbocycles. The topological polar surface area (TPSA) is 80.6 Å². The number of pyridine rings is 1. The van der Waals surface area contributed by atoms with Crippen molar-refractivity contribution in [3.05, 3.63) is 106 Å². The number of para-hydroxylation sites is 3. The van der Waals surface area contributed by atoms with Crippen LogP contribution < -0.4 is 20.4 Å². The highest BCUT2D eigenvalue weighted by atomic mass is 16.5. The molecule has 0 spiro atoms. The Labute approximate surface area is 207 Å². The number of hydrogen-bond acceptors (Lipinski definition) is 4. The normalized spacial score (nSPS) is 16.2. The van der Waals surface area contributed by atoms with Crippen LogP contribution in [0, 0.1) is 0 Å². The lowest BCUT2D eigenvalue weighted by molar-refractivity contribution is -0.127. The van der Waals surface area contributed by atoms with Crippen molar-refractivity contribution in [2.75, 3.05) is 11.4 Å². The average Bonchev–Trinajstić information content (AvgIpc) is 2.93. The van der Waals surface area contributed by atoms with Crippen molar-refractivity contribution in [3.63, 3.8) is 0 Å². The molecule has 3 heterocycles. The van der Waals surface area contributed by atoms with Crippen LogP contribution in [0.2, 0.25) is 0 Å². The number of aromatic nitrogens is 1. The molecular formula is C29H25N3O4. The second-order valence-corrected chi connectivity index (χ2v) is 9.18. The standard InChI is InChI=1S/C29H25N3O4/c33-27-21-12-6-10-20-11-7-15-31(26(20)21)17-22(27)29(35)32-18-25(36-24-14-5-4-13-23(24)32)28(34)30-16-19-8-2-1-3-9-19/h1-6,8-10,12-14,17,25H,7,11,15-16,18H2,(H,30,34). The minimum Gasteiger partial charge on any atom is -0.477 e. The maximum atomic E-state index is 13.9. The Morgan fingerprint density at radius 3 is 2.64 bits per heavy atom. The first-order valence-corrected chi connectivity index (χ1v) is 12.1. The zero-order chi connectivity index (χ0) is 24.6. The predicted molar refractivity (Wildman–Crippen MR) is 137 cm³/mol. The smallest absolute Gasteiger partial charge is 0.264 e. The van der Waals surface area contributed by atoms with Crippen LogP contribution >= 0.6 is 0 Å². The number of aryl methyl sites for hydroxylation is 2. The van der Waals surface area contributed by atoms with Crippen molar-refractivity contribution in [2.45, 2.75) is 32.0 Å². The van der Waals surface area contributed by atoms with Crippen LogP contribution in [0.1, 0.15) is 27.9 Å². The summed E-state index contributed by atoms with van der Waals surface area (Å²) in [6, 6.07) is 22.4. The third-order valence-corrected chi connectivity index (χ3v) is 6.88. The van der Waals surface area contributed by atoms with Gasteiger partial charge in [0.1, 0.15) is 11.3 Å². The lowest BCUT2D eigenvalue weighted by Gasteiger charge is -2.34. The summed E-state index contributed by atoms with van der Waals surface area (Å²) in [5, 5.41) is 3.45. The number of nitrogens with one attached hydrogen (secondary N) is 1. The minimum absolute atomic E-state index is 0.00792. The minimum atomic E-state index is -0.902. The fourth-order valence-electron chi connectivity index (χ4n) is 5.12. The number of benzene rings is 3. The summed E-state index contributed by atoms with van der Waals surface area (Å²) < 4.78 is 7.99. The van der Waals surface area contributed by atoms with Gasteiger partial charge in [-0.3, -0.25) is 14.4 Å². The molecule has 7 heteroatoms. The molecule has 36 heavy (non-hydrogen) atoms. The van der Waals surface area contributed by atoms with Gasteiger partial charge in [-0.2, -0.15) is 0 Å². The predicted octanol–water partition coefficient (Wildman–Crippen LogP) is 3.67. The number of amides is 2. The van der Waals surface area contributed by atoms with Gasteiger partial charge in [-0.1, -0.05) is 54.6 Å². The second-order valence-electron chi connectivity index (χ2n) is 9.18. The van der Waals surface area contributed by atoms with Gasteiger partial charge in [0.25, 0.3) is 11.8 Å². The SMILES string of the molecule is O=C(NCc1ccccc1)C1CN(C(=O)c2cn3c4c(cccc4c2=O)CCC3)c2ccccc2O1. The molecule has 0 saturated heterocycles. The first kappa shape index (κ1) is 22.1. The maximum Gasteiger partial charge on any atom is 0.264 e. The first-order valence-electron chi connectivity index (χ1n) is 12.1. The highest BCUT2D eigenvalue weighted by molar-refractivity contribution is 6.09. The van der Waals surface area contributed by atoms with Gasteiger partial charge in [0.15, 0.2) is 6.10 Å². The zero-order valence-electron chi connectivity index (χ0n) is 19.6. The summed E-state index contributed by atoms with van der Waals surface area (Å²) in [7, 11) is 0. The molecule has 1 unspecified atom stereocenters. The molecule has 6 rings (SSSR count). The molecule has 2 aliphatic heterocycles. The third kappa shape index (κ3) is 3.82. The Kier molecular flexibility index (Phi) is 5.52. The van der Waals surface area contributed by atoms with E-state index in [1.165, 1.54) is 4.90 Å². The number of rotatable bonds is 4. The van der Waals surface area contributed by atoms with Gasteiger partial charge >= 0.3 is 0 Å². The molecule has 0 radical (unpaired) electrons. The van der Waals surface area contributed by atoms with E-state index in [1.807, 2.05) is 53.1 Å². The van der Waals surface area contributed by atoms with E-state index >= 15 is 0 Å². The van der Waals surface area contributed by atoms with Crippen LogP contribution in [0.4, 0.5) is 5.69 Å². The molecule has 0 bridgehead atoms. The van der Waals surface area contributed by atoms with Crippen LogP contribution in [0.3, 0.4) is 0 Å². The fraction of sp³-hybridized carbons (Fsp3) is 0.207. The summed E-state index contributed by atoms with van der Waals surface area (Å²) in [6.45, 7) is 1.11. The van der Waals surface area contributed by atoms with Gasteiger partial charge in [0.05, 0.1) is 17.7 Å². The average molecular weight is 480 g/mol. The summed E-state index contributed by atoms with van der Waals surface area (Å²) in [5.41, 5.74) is 3.35. The molecule has 1 N–H and O–H groups in total. The summed E-state index contributed by atoms with van der Waals surface area (Å²) in [4.78, 5) is 41.9. The van der Waals surface area contributed by atoms with E-state index in [9.17, 15) is 14.4 Å². The molecule has 4 aromatic rings. The zero-order valence-corrected chi connectivity index (χ0v) is 19.6.